The topological polar surface area (TPSA) is 29.9 Å². The summed E-state index contributed by atoms with van der Waals surface area (Å²) >= 11 is 0. The molecule has 3 nitrogen and oxygen atoms in total. The van der Waals surface area contributed by atoms with Crippen LogP contribution < -0.4 is 5.32 Å². The molecule has 1 aromatic heterocycles. The van der Waals surface area contributed by atoms with Crippen LogP contribution in [0.3, 0.4) is 0 Å². The molecule has 0 atom stereocenters. The van der Waals surface area contributed by atoms with Gasteiger partial charge in [0.2, 0.25) is 0 Å². The Morgan fingerprint density at radius 1 is 1.22 bits per heavy atom. The Hall–Kier alpha value is -1.61. The minimum absolute atomic E-state index is 0.920. The Bertz CT molecular complexity index is 488. The van der Waals surface area contributed by atoms with Gasteiger partial charge < -0.3 is 9.88 Å². The summed E-state index contributed by atoms with van der Waals surface area (Å²) in [5.41, 5.74) is 2.81. The molecule has 1 heterocycles. The molecule has 0 radical (unpaired) electrons. The predicted molar refractivity (Wildman–Crippen MR) is 74.8 cm³/mol. The number of hydrogen-bond donors (Lipinski definition) is 1. The number of rotatable bonds is 6. The minimum Gasteiger partial charge on any atom is -0.331 e. The molecule has 0 bridgehead atoms. The van der Waals surface area contributed by atoms with Crippen molar-refractivity contribution in [2.45, 2.75) is 26.3 Å². The van der Waals surface area contributed by atoms with E-state index >= 15 is 0 Å². The Morgan fingerprint density at radius 2 is 2.00 bits per heavy atom. The van der Waals surface area contributed by atoms with Crippen LogP contribution in [0.4, 0.5) is 0 Å². The standard InChI is InChI=1S/C15H21N3/c1-3-15-17-10-11-18(15)12-14-7-5-4-6-13(14)8-9-16-2/h4-7,10-11,16H,3,8-9,12H2,1-2H3. The van der Waals surface area contributed by atoms with Crippen molar-refractivity contribution in [3.8, 4) is 0 Å². The Morgan fingerprint density at radius 3 is 2.72 bits per heavy atom. The third-order valence-electron chi connectivity index (χ3n) is 3.22. The number of aromatic nitrogens is 2. The highest BCUT2D eigenvalue weighted by Gasteiger charge is 2.05. The average molecular weight is 243 g/mol. The molecule has 1 N–H and O–H groups in total. The van der Waals surface area contributed by atoms with Crippen LogP contribution >= 0.6 is 0 Å². The van der Waals surface area contributed by atoms with Crippen LogP contribution in [0.5, 0.6) is 0 Å². The second-order valence-corrected chi connectivity index (χ2v) is 4.45. The lowest BCUT2D eigenvalue weighted by molar-refractivity contribution is 0.717. The van der Waals surface area contributed by atoms with E-state index in [2.05, 4.69) is 52.3 Å². The summed E-state index contributed by atoms with van der Waals surface area (Å²) in [4.78, 5) is 4.37. The lowest BCUT2D eigenvalue weighted by Gasteiger charge is -2.11. The van der Waals surface area contributed by atoms with Gasteiger partial charge in [0.05, 0.1) is 0 Å². The maximum absolute atomic E-state index is 4.37. The summed E-state index contributed by atoms with van der Waals surface area (Å²) in [7, 11) is 1.99. The highest BCUT2D eigenvalue weighted by Crippen LogP contribution is 2.12. The average Bonchev–Trinajstić information content (AvgIpc) is 2.85. The van der Waals surface area contributed by atoms with E-state index in [1.807, 2.05) is 13.2 Å². The normalized spacial score (nSPS) is 10.8. The first-order valence-electron chi connectivity index (χ1n) is 6.56. The summed E-state index contributed by atoms with van der Waals surface area (Å²) in [5.74, 6) is 1.15. The Labute approximate surface area is 109 Å². The van der Waals surface area contributed by atoms with Crippen molar-refractivity contribution < 1.29 is 0 Å². The van der Waals surface area contributed by atoms with Crippen LogP contribution in [0, 0.1) is 0 Å². The van der Waals surface area contributed by atoms with Crippen LogP contribution in [0.2, 0.25) is 0 Å². The molecule has 0 fully saturated rings. The zero-order chi connectivity index (χ0) is 12.8. The van der Waals surface area contributed by atoms with E-state index in [1.165, 1.54) is 11.1 Å². The van der Waals surface area contributed by atoms with Gasteiger partial charge in [0.25, 0.3) is 0 Å². The van der Waals surface area contributed by atoms with Gasteiger partial charge in [-0.3, -0.25) is 0 Å². The van der Waals surface area contributed by atoms with Crippen LogP contribution in [-0.2, 0) is 19.4 Å². The number of imidazole rings is 1. The number of benzene rings is 1. The van der Waals surface area contributed by atoms with Crippen molar-refractivity contribution in [3.63, 3.8) is 0 Å². The first-order valence-corrected chi connectivity index (χ1v) is 6.56. The number of aryl methyl sites for hydroxylation is 1. The van der Waals surface area contributed by atoms with E-state index in [1.54, 1.807) is 0 Å². The minimum atomic E-state index is 0.920. The van der Waals surface area contributed by atoms with Crippen molar-refractivity contribution in [2.75, 3.05) is 13.6 Å². The van der Waals surface area contributed by atoms with E-state index in [0.717, 1.165) is 31.8 Å². The predicted octanol–water partition coefficient (Wildman–Crippen LogP) is 2.26. The van der Waals surface area contributed by atoms with Gasteiger partial charge in [-0.1, -0.05) is 31.2 Å². The van der Waals surface area contributed by atoms with E-state index in [-0.39, 0.29) is 0 Å². The second kappa shape index (κ2) is 6.36. The van der Waals surface area contributed by atoms with Gasteiger partial charge in [-0.15, -0.1) is 0 Å². The SMILES string of the molecule is CCc1nccn1Cc1ccccc1CCNC. The molecule has 0 saturated heterocycles. The molecule has 1 aromatic carbocycles. The van der Waals surface area contributed by atoms with Gasteiger partial charge in [-0.05, 0) is 31.1 Å². The van der Waals surface area contributed by atoms with Crippen LogP contribution in [0.1, 0.15) is 23.9 Å². The summed E-state index contributed by atoms with van der Waals surface area (Å²) in [5, 5.41) is 3.21. The van der Waals surface area contributed by atoms with Gasteiger partial charge >= 0.3 is 0 Å². The Kier molecular flexibility index (Phi) is 4.53. The van der Waals surface area contributed by atoms with E-state index in [0.29, 0.717) is 0 Å². The molecular formula is C15H21N3. The number of nitrogens with one attached hydrogen (secondary N) is 1. The highest BCUT2D eigenvalue weighted by molar-refractivity contribution is 5.28. The molecule has 2 rings (SSSR count). The van der Waals surface area contributed by atoms with Gasteiger partial charge in [-0.25, -0.2) is 4.98 Å². The third-order valence-corrected chi connectivity index (χ3v) is 3.22. The fraction of sp³-hybridized carbons (Fsp3) is 0.400. The molecule has 3 heteroatoms. The lowest BCUT2D eigenvalue weighted by atomic mass is 10.0. The van der Waals surface area contributed by atoms with Gasteiger partial charge in [0.15, 0.2) is 0 Å². The molecule has 2 aromatic rings. The van der Waals surface area contributed by atoms with Crippen LogP contribution in [-0.4, -0.2) is 23.1 Å². The largest absolute Gasteiger partial charge is 0.331 e. The quantitative estimate of drug-likeness (QED) is 0.843. The smallest absolute Gasteiger partial charge is 0.108 e. The molecule has 0 aliphatic carbocycles. The zero-order valence-electron chi connectivity index (χ0n) is 11.2. The van der Waals surface area contributed by atoms with Crippen LogP contribution in [0.15, 0.2) is 36.7 Å². The number of likely N-dealkylation sites (N-methyl/N-ethyl adjacent to an activating group) is 1. The molecular weight excluding hydrogens is 222 g/mol. The van der Waals surface area contributed by atoms with Gasteiger partial charge in [-0.2, -0.15) is 0 Å². The molecule has 0 spiro atoms. The lowest BCUT2D eigenvalue weighted by Crippen LogP contribution is -2.12. The van der Waals surface area contributed by atoms with Crippen molar-refractivity contribution in [1.29, 1.82) is 0 Å². The van der Waals surface area contributed by atoms with Gasteiger partial charge in [0, 0.05) is 25.4 Å². The van der Waals surface area contributed by atoms with Gasteiger partial charge in [0.1, 0.15) is 5.82 Å². The fourth-order valence-corrected chi connectivity index (χ4v) is 2.20. The molecule has 0 saturated carbocycles. The van der Waals surface area contributed by atoms with E-state index in [9.17, 15) is 0 Å². The maximum Gasteiger partial charge on any atom is 0.108 e. The first-order chi connectivity index (χ1) is 8.85. The molecule has 0 aliphatic heterocycles. The molecule has 96 valence electrons. The first kappa shape index (κ1) is 12.8. The van der Waals surface area contributed by atoms with Crippen molar-refractivity contribution in [3.05, 3.63) is 53.6 Å². The molecule has 0 unspecified atom stereocenters. The maximum atomic E-state index is 4.37. The third kappa shape index (κ3) is 2.99. The fourth-order valence-electron chi connectivity index (χ4n) is 2.20. The zero-order valence-corrected chi connectivity index (χ0v) is 11.2. The Balaban J connectivity index is 2.18. The molecule has 0 aliphatic rings. The summed E-state index contributed by atoms with van der Waals surface area (Å²) in [6.45, 7) is 4.08. The van der Waals surface area contributed by atoms with Crippen molar-refractivity contribution in [1.82, 2.24) is 14.9 Å². The van der Waals surface area contributed by atoms with E-state index in [4.69, 9.17) is 0 Å². The monoisotopic (exact) mass is 243 g/mol. The summed E-state index contributed by atoms with van der Waals surface area (Å²) in [6, 6.07) is 8.66. The van der Waals surface area contributed by atoms with Crippen molar-refractivity contribution in [2.24, 2.45) is 0 Å². The highest BCUT2D eigenvalue weighted by atomic mass is 15.1. The summed E-state index contributed by atoms with van der Waals surface area (Å²) < 4.78 is 2.23. The summed E-state index contributed by atoms with van der Waals surface area (Å²) in [6.07, 6.45) is 6.00. The number of nitrogens with zero attached hydrogens (tertiary/aromatic N) is 2. The van der Waals surface area contributed by atoms with Crippen molar-refractivity contribution >= 4 is 0 Å². The number of hydrogen-bond acceptors (Lipinski definition) is 2. The van der Waals surface area contributed by atoms with E-state index < -0.39 is 0 Å². The molecule has 0 amide bonds. The van der Waals surface area contributed by atoms with Crippen LogP contribution in [0.25, 0.3) is 0 Å². The second-order valence-electron chi connectivity index (χ2n) is 4.45. The molecule has 18 heavy (non-hydrogen) atoms.